The molecule has 5 nitrogen and oxygen atoms in total. The second-order valence-corrected chi connectivity index (χ2v) is 5.84. The van der Waals surface area contributed by atoms with Crippen LogP contribution in [-0.2, 0) is 9.57 Å². The third kappa shape index (κ3) is 3.63. The van der Waals surface area contributed by atoms with E-state index in [0.717, 1.165) is 36.3 Å². The van der Waals surface area contributed by atoms with Crippen LogP contribution in [0.3, 0.4) is 0 Å². The summed E-state index contributed by atoms with van der Waals surface area (Å²) in [7, 11) is 0. The second-order valence-electron chi connectivity index (χ2n) is 5.84. The predicted molar refractivity (Wildman–Crippen MR) is 87.4 cm³/mol. The molecule has 1 atom stereocenters. The van der Waals surface area contributed by atoms with Gasteiger partial charge in [0.15, 0.2) is 6.29 Å². The molecule has 1 unspecified atom stereocenters. The van der Waals surface area contributed by atoms with Crippen molar-refractivity contribution >= 4 is 5.91 Å². The summed E-state index contributed by atoms with van der Waals surface area (Å²) in [6, 6.07) is 11.6. The highest BCUT2D eigenvalue weighted by Crippen LogP contribution is 2.17. The number of hydrogen-bond acceptors (Lipinski definition) is 3. The van der Waals surface area contributed by atoms with E-state index in [9.17, 15) is 4.79 Å². The number of hydrogen-bond donors (Lipinski definition) is 1. The molecule has 0 saturated carbocycles. The number of aromatic nitrogens is 1. The normalized spacial score (nSPS) is 17.9. The van der Waals surface area contributed by atoms with Gasteiger partial charge in [-0.05, 0) is 63.1 Å². The number of nitrogens with one attached hydrogen (secondary N) is 1. The lowest BCUT2D eigenvalue weighted by molar-refractivity contribution is -0.186. The zero-order chi connectivity index (χ0) is 16.2. The average molecular weight is 314 g/mol. The average Bonchev–Trinajstić information content (AvgIpc) is 2.92. The van der Waals surface area contributed by atoms with E-state index in [0.29, 0.717) is 12.2 Å². The van der Waals surface area contributed by atoms with Crippen LogP contribution in [0.25, 0.3) is 5.69 Å². The fraction of sp³-hybridized carbons (Fsp3) is 0.389. The van der Waals surface area contributed by atoms with Crippen LogP contribution >= 0.6 is 0 Å². The minimum atomic E-state index is -0.336. The Morgan fingerprint density at radius 2 is 1.83 bits per heavy atom. The Kier molecular flexibility index (Phi) is 4.79. The van der Waals surface area contributed by atoms with Crippen LogP contribution in [0.1, 0.15) is 41.0 Å². The number of ether oxygens (including phenoxy) is 1. The zero-order valence-corrected chi connectivity index (χ0v) is 13.5. The summed E-state index contributed by atoms with van der Waals surface area (Å²) in [5.74, 6) is -0.258. The van der Waals surface area contributed by atoms with Crippen molar-refractivity contribution in [3.8, 4) is 5.69 Å². The lowest BCUT2D eigenvalue weighted by Gasteiger charge is -2.22. The Labute approximate surface area is 136 Å². The Hall–Kier alpha value is -2.11. The molecule has 0 bridgehead atoms. The molecular formula is C18H22N2O3. The largest absolute Gasteiger partial charge is 0.350 e. The molecule has 1 aliphatic heterocycles. The van der Waals surface area contributed by atoms with Crippen molar-refractivity contribution in [3.05, 3.63) is 53.3 Å². The molecule has 0 radical (unpaired) electrons. The van der Waals surface area contributed by atoms with Crippen molar-refractivity contribution in [2.24, 2.45) is 0 Å². The van der Waals surface area contributed by atoms with E-state index in [1.807, 2.05) is 12.1 Å². The van der Waals surface area contributed by atoms with Crippen LogP contribution < -0.4 is 5.48 Å². The molecule has 1 aromatic heterocycles. The van der Waals surface area contributed by atoms with Crippen LogP contribution in [-0.4, -0.2) is 23.4 Å². The number of rotatable bonds is 4. The minimum Gasteiger partial charge on any atom is -0.350 e. The van der Waals surface area contributed by atoms with Crippen molar-refractivity contribution in [3.63, 3.8) is 0 Å². The van der Waals surface area contributed by atoms with Crippen LogP contribution in [0, 0.1) is 13.8 Å². The molecule has 1 amide bonds. The van der Waals surface area contributed by atoms with Crippen LogP contribution in [0.2, 0.25) is 0 Å². The molecule has 1 aromatic carbocycles. The molecule has 2 heterocycles. The molecule has 1 fully saturated rings. The van der Waals surface area contributed by atoms with Gasteiger partial charge in [0.1, 0.15) is 0 Å². The SMILES string of the molecule is Cc1ccc(C)n1-c1ccc(C(=O)NOC2CCCCO2)cc1. The third-order valence-electron chi connectivity index (χ3n) is 4.08. The molecule has 2 aromatic rings. The monoisotopic (exact) mass is 314 g/mol. The van der Waals surface area contributed by atoms with Gasteiger partial charge in [0.05, 0.1) is 0 Å². The van der Waals surface area contributed by atoms with Gasteiger partial charge in [-0.3, -0.25) is 4.79 Å². The van der Waals surface area contributed by atoms with Gasteiger partial charge >= 0.3 is 0 Å². The quantitative estimate of drug-likeness (QED) is 0.881. The van der Waals surface area contributed by atoms with Crippen molar-refractivity contribution in [2.75, 3.05) is 6.61 Å². The maximum absolute atomic E-state index is 12.1. The van der Waals surface area contributed by atoms with Gasteiger partial charge in [0.25, 0.3) is 5.91 Å². The van der Waals surface area contributed by atoms with Gasteiger partial charge in [0.2, 0.25) is 0 Å². The van der Waals surface area contributed by atoms with E-state index in [-0.39, 0.29) is 12.2 Å². The number of nitrogens with zero attached hydrogens (tertiary/aromatic N) is 1. The fourth-order valence-corrected chi connectivity index (χ4v) is 2.82. The lowest BCUT2D eigenvalue weighted by atomic mass is 10.2. The fourth-order valence-electron chi connectivity index (χ4n) is 2.82. The Bertz CT molecular complexity index is 651. The van der Waals surface area contributed by atoms with E-state index < -0.39 is 0 Å². The first-order chi connectivity index (χ1) is 11.1. The molecule has 0 aliphatic carbocycles. The summed E-state index contributed by atoms with van der Waals surface area (Å²) in [5.41, 5.74) is 6.41. The predicted octanol–water partition coefficient (Wildman–Crippen LogP) is 3.28. The zero-order valence-electron chi connectivity index (χ0n) is 13.5. The van der Waals surface area contributed by atoms with Gasteiger partial charge in [-0.25, -0.2) is 10.3 Å². The molecule has 1 N–H and O–H groups in total. The van der Waals surface area contributed by atoms with Crippen LogP contribution in [0.15, 0.2) is 36.4 Å². The summed E-state index contributed by atoms with van der Waals surface area (Å²) in [5, 5.41) is 0. The molecule has 1 saturated heterocycles. The topological polar surface area (TPSA) is 52.5 Å². The third-order valence-corrected chi connectivity index (χ3v) is 4.08. The smallest absolute Gasteiger partial charge is 0.274 e. The van der Waals surface area contributed by atoms with Crippen molar-refractivity contribution < 1.29 is 14.4 Å². The number of carbonyl (C=O) groups excluding carboxylic acids is 1. The lowest BCUT2D eigenvalue weighted by Crippen LogP contribution is -2.33. The highest BCUT2D eigenvalue weighted by Gasteiger charge is 2.16. The van der Waals surface area contributed by atoms with Gasteiger partial charge < -0.3 is 9.30 Å². The summed E-state index contributed by atoms with van der Waals surface area (Å²) in [6.07, 6.45) is 2.58. The van der Waals surface area contributed by atoms with E-state index in [4.69, 9.17) is 9.57 Å². The van der Waals surface area contributed by atoms with Crippen molar-refractivity contribution in [1.82, 2.24) is 10.0 Å². The van der Waals surface area contributed by atoms with Gasteiger partial charge in [-0.15, -0.1) is 0 Å². The Morgan fingerprint density at radius 3 is 2.43 bits per heavy atom. The maximum Gasteiger partial charge on any atom is 0.274 e. The summed E-state index contributed by atoms with van der Waals surface area (Å²) < 4.78 is 7.57. The van der Waals surface area contributed by atoms with Gasteiger partial charge in [-0.2, -0.15) is 0 Å². The summed E-state index contributed by atoms with van der Waals surface area (Å²) in [4.78, 5) is 17.4. The van der Waals surface area contributed by atoms with Crippen LogP contribution in [0.4, 0.5) is 0 Å². The molecular weight excluding hydrogens is 292 g/mol. The molecule has 5 heteroatoms. The van der Waals surface area contributed by atoms with E-state index in [1.165, 1.54) is 0 Å². The van der Waals surface area contributed by atoms with Crippen molar-refractivity contribution in [2.45, 2.75) is 39.4 Å². The van der Waals surface area contributed by atoms with E-state index >= 15 is 0 Å². The number of carbonyl (C=O) groups is 1. The number of amides is 1. The Balaban J connectivity index is 1.63. The first-order valence-corrected chi connectivity index (χ1v) is 7.98. The molecule has 23 heavy (non-hydrogen) atoms. The van der Waals surface area contributed by atoms with Crippen LogP contribution in [0.5, 0.6) is 0 Å². The summed E-state index contributed by atoms with van der Waals surface area (Å²) >= 11 is 0. The molecule has 3 rings (SSSR count). The standard InChI is InChI=1S/C18H22N2O3/c1-13-6-7-14(2)20(13)16-10-8-15(9-11-16)18(21)19-23-17-5-3-4-12-22-17/h6-11,17H,3-5,12H2,1-2H3,(H,19,21). The first-order valence-electron chi connectivity index (χ1n) is 7.98. The van der Waals surface area contributed by atoms with E-state index in [2.05, 4.69) is 36.0 Å². The highest BCUT2D eigenvalue weighted by molar-refractivity contribution is 5.93. The maximum atomic E-state index is 12.1. The first kappa shape index (κ1) is 15.8. The van der Waals surface area contributed by atoms with E-state index in [1.54, 1.807) is 12.1 Å². The second kappa shape index (κ2) is 6.98. The summed E-state index contributed by atoms with van der Waals surface area (Å²) in [6.45, 7) is 4.81. The Morgan fingerprint density at radius 1 is 1.13 bits per heavy atom. The molecule has 122 valence electrons. The number of hydroxylamine groups is 1. The number of benzene rings is 1. The number of aryl methyl sites for hydroxylation is 2. The molecule has 1 aliphatic rings. The molecule has 0 spiro atoms. The van der Waals surface area contributed by atoms with Gasteiger partial charge in [0, 0.05) is 35.7 Å². The highest BCUT2D eigenvalue weighted by atomic mass is 16.8. The van der Waals surface area contributed by atoms with Crippen molar-refractivity contribution in [1.29, 1.82) is 0 Å². The van der Waals surface area contributed by atoms with Gasteiger partial charge in [-0.1, -0.05) is 0 Å². The minimum absolute atomic E-state index is 0.258.